The molecule has 2 aromatic carbocycles. The van der Waals surface area contributed by atoms with Crippen LogP contribution in [0.25, 0.3) is 22.2 Å². The first kappa shape index (κ1) is 39.1. The Hall–Kier alpha value is -4.15. The molecule has 296 valence electrons. The number of benzene rings is 2. The third-order valence-corrected chi connectivity index (χ3v) is 14.9. The fourth-order valence-electron chi connectivity index (χ4n) is 8.90. The van der Waals surface area contributed by atoms with E-state index in [1.807, 2.05) is 61.5 Å². The Morgan fingerprint density at radius 1 is 0.982 bits per heavy atom. The lowest BCUT2D eigenvalue weighted by Crippen LogP contribution is -2.55. The van der Waals surface area contributed by atoms with Crippen LogP contribution in [0.15, 0.2) is 54.6 Å². The van der Waals surface area contributed by atoms with Crippen molar-refractivity contribution >= 4 is 36.2 Å². The zero-order valence-corrected chi connectivity index (χ0v) is 32.9. The van der Waals surface area contributed by atoms with E-state index in [0.29, 0.717) is 42.0 Å². The zero-order valence-electron chi connectivity index (χ0n) is 32.0. The predicted molar refractivity (Wildman–Crippen MR) is 210 cm³/mol. The number of ether oxygens (including phenoxy) is 3. The van der Waals surface area contributed by atoms with Crippen molar-refractivity contribution in [1.29, 1.82) is 0 Å². The number of rotatable bonds is 9. The number of methoxy groups -OCH3 is 1. The van der Waals surface area contributed by atoms with Crippen molar-refractivity contribution in [3.05, 3.63) is 54.6 Å². The highest BCUT2D eigenvalue weighted by Gasteiger charge is 2.66. The molecule has 3 heterocycles. The first-order valence-corrected chi connectivity index (χ1v) is 22.1. The maximum Gasteiger partial charge on any atom is 0.408 e. The molecular formula is C42H55N4O8P. The molecule has 6 atom stereocenters. The van der Waals surface area contributed by atoms with Gasteiger partial charge in [0.25, 0.3) is 0 Å². The van der Waals surface area contributed by atoms with Gasteiger partial charge in [-0.3, -0.25) is 14.2 Å². The van der Waals surface area contributed by atoms with Gasteiger partial charge in [0, 0.05) is 35.7 Å². The molecule has 1 aromatic heterocycles. The highest BCUT2D eigenvalue weighted by molar-refractivity contribution is 7.60. The summed E-state index contributed by atoms with van der Waals surface area (Å²) in [5.74, 6) is 0.234. The predicted octanol–water partition coefficient (Wildman–Crippen LogP) is 7.55. The van der Waals surface area contributed by atoms with Crippen molar-refractivity contribution in [2.45, 2.75) is 126 Å². The summed E-state index contributed by atoms with van der Waals surface area (Å²) in [6.07, 6.45) is 8.99. The van der Waals surface area contributed by atoms with Crippen LogP contribution in [0.2, 0.25) is 0 Å². The first-order chi connectivity index (χ1) is 26.6. The van der Waals surface area contributed by atoms with Gasteiger partial charge in [-0.15, -0.1) is 0 Å². The van der Waals surface area contributed by atoms with E-state index in [-0.39, 0.29) is 37.1 Å². The lowest BCUT2D eigenvalue weighted by Gasteiger charge is -2.31. The molecule has 3 amide bonds. The zero-order chi connectivity index (χ0) is 38.6. The second-order valence-corrected chi connectivity index (χ2v) is 18.5. The number of alkyl carbamates (subject to hydrolysis) is 1. The summed E-state index contributed by atoms with van der Waals surface area (Å²) in [6.45, 7) is 1.95. The number of aromatic nitrogens is 1. The number of hydrogen-bond acceptors (Lipinski definition) is 8. The van der Waals surface area contributed by atoms with Crippen molar-refractivity contribution in [1.82, 2.24) is 20.5 Å². The van der Waals surface area contributed by atoms with Crippen LogP contribution in [0.1, 0.15) is 96.8 Å². The van der Waals surface area contributed by atoms with E-state index >= 15 is 0 Å². The normalized spacial score (nSPS) is 27.5. The van der Waals surface area contributed by atoms with Gasteiger partial charge in [-0.05, 0) is 69.4 Å². The molecule has 55 heavy (non-hydrogen) atoms. The third-order valence-electron chi connectivity index (χ3n) is 12.0. The molecule has 7 rings (SSSR count). The molecule has 3 aromatic rings. The quantitative estimate of drug-likeness (QED) is 0.187. The minimum absolute atomic E-state index is 0.0790. The van der Waals surface area contributed by atoms with Crippen LogP contribution in [0.3, 0.4) is 0 Å². The van der Waals surface area contributed by atoms with E-state index < -0.39 is 42.8 Å². The summed E-state index contributed by atoms with van der Waals surface area (Å²) < 4.78 is 31.9. The van der Waals surface area contributed by atoms with Crippen LogP contribution in [0, 0.1) is 5.92 Å². The molecule has 13 heteroatoms. The van der Waals surface area contributed by atoms with Crippen molar-refractivity contribution in [2.75, 3.05) is 19.8 Å². The van der Waals surface area contributed by atoms with Crippen molar-refractivity contribution in [3.63, 3.8) is 0 Å². The van der Waals surface area contributed by atoms with Gasteiger partial charge in [0.05, 0.1) is 24.9 Å². The first-order valence-electron chi connectivity index (χ1n) is 20.2. The molecule has 2 aliphatic heterocycles. The molecule has 2 aliphatic carbocycles. The molecule has 3 N–H and O–H groups in total. The molecule has 0 spiro atoms. The Balaban J connectivity index is 1.21. The summed E-state index contributed by atoms with van der Waals surface area (Å²) >= 11 is 0. The number of pyridine rings is 1. The fraction of sp³-hybridized carbons (Fsp3) is 0.571. The third kappa shape index (κ3) is 8.65. The lowest BCUT2D eigenvalue weighted by atomic mass is 10.0. The molecule has 0 bridgehead atoms. The average molecular weight is 775 g/mol. The number of carbonyl (C=O) groups is 3. The number of fused-ring (bicyclic) bond motifs is 3. The summed E-state index contributed by atoms with van der Waals surface area (Å²) in [6, 6.07) is 15.3. The largest absolute Gasteiger partial charge is 0.497 e. The Morgan fingerprint density at radius 2 is 1.71 bits per heavy atom. The van der Waals surface area contributed by atoms with Crippen LogP contribution in [-0.4, -0.2) is 82.1 Å². The van der Waals surface area contributed by atoms with Gasteiger partial charge in [-0.25, -0.2) is 9.78 Å². The molecule has 2 saturated carbocycles. The summed E-state index contributed by atoms with van der Waals surface area (Å²) in [5.41, 5.74) is 2.26. The molecular weight excluding hydrogens is 719 g/mol. The Morgan fingerprint density at radius 3 is 2.45 bits per heavy atom. The van der Waals surface area contributed by atoms with Gasteiger partial charge in [0.1, 0.15) is 41.1 Å². The van der Waals surface area contributed by atoms with E-state index in [2.05, 4.69) is 10.6 Å². The summed E-state index contributed by atoms with van der Waals surface area (Å²) in [5, 5.41) is 5.49. The van der Waals surface area contributed by atoms with Crippen LogP contribution in [0.4, 0.5) is 4.79 Å². The molecule has 4 aliphatic rings. The number of nitrogens with one attached hydrogen (secondary N) is 2. The average Bonchev–Trinajstić information content (AvgIpc) is 3.45. The maximum absolute atomic E-state index is 14.7. The highest BCUT2D eigenvalue weighted by Crippen LogP contribution is 2.70. The van der Waals surface area contributed by atoms with Gasteiger partial charge in [0.15, 0.2) is 0 Å². The fourth-order valence-corrected chi connectivity index (χ4v) is 11.4. The molecule has 4 fully saturated rings. The second-order valence-electron chi connectivity index (χ2n) is 15.8. The Bertz CT molecular complexity index is 1900. The van der Waals surface area contributed by atoms with Crippen molar-refractivity contribution in [3.8, 4) is 22.8 Å². The summed E-state index contributed by atoms with van der Waals surface area (Å²) in [7, 11) is -2.17. The Labute approximate surface area is 323 Å². The van der Waals surface area contributed by atoms with E-state index in [1.165, 1.54) is 4.90 Å². The van der Waals surface area contributed by atoms with E-state index in [9.17, 15) is 23.8 Å². The van der Waals surface area contributed by atoms with Crippen LogP contribution < -0.4 is 20.1 Å². The molecule has 2 saturated heterocycles. The minimum atomic E-state index is -3.77. The number of hydrogen-bond donors (Lipinski definition) is 3. The summed E-state index contributed by atoms with van der Waals surface area (Å²) in [4.78, 5) is 60.2. The smallest absolute Gasteiger partial charge is 0.408 e. The lowest BCUT2D eigenvalue weighted by molar-refractivity contribution is -0.140. The highest BCUT2D eigenvalue weighted by atomic mass is 31.2. The van der Waals surface area contributed by atoms with Gasteiger partial charge in [-0.2, -0.15) is 0 Å². The van der Waals surface area contributed by atoms with E-state index in [4.69, 9.17) is 19.2 Å². The van der Waals surface area contributed by atoms with Gasteiger partial charge in [-0.1, -0.05) is 69.4 Å². The van der Waals surface area contributed by atoms with Gasteiger partial charge in [0.2, 0.25) is 19.2 Å². The topological polar surface area (TPSA) is 156 Å². The van der Waals surface area contributed by atoms with Crippen LogP contribution in [0.5, 0.6) is 11.5 Å². The minimum Gasteiger partial charge on any atom is -0.497 e. The molecule has 0 radical (unpaired) electrons. The number of nitrogens with zero attached hydrogens (tertiary/aromatic N) is 2. The number of carbonyl (C=O) groups excluding carboxylic acids is 3. The van der Waals surface area contributed by atoms with Crippen molar-refractivity contribution < 1.29 is 38.1 Å². The molecule has 12 nitrogen and oxygen atoms in total. The second kappa shape index (κ2) is 16.9. The Kier molecular flexibility index (Phi) is 12.0. The van der Waals surface area contributed by atoms with E-state index in [1.54, 1.807) is 7.11 Å². The number of amides is 3. The van der Waals surface area contributed by atoms with Crippen molar-refractivity contribution in [2.24, 2.45) is 5.92 Å². The van der Waals surface area contributed by atoms with E-state index in [0.717, 1.165) is 75.2 Å². The maximum atomic E-state index is 14.7. The molecule has 1 unspecified atom stereocenters. The van der Waals surface area contributed by atoms with Crippen LogP contribution >= 0.6 is 7.37 Å². The van der Waals surface area contributed by atoms with Gasteiger partial charge >= 0.3 is 6.09 Å². The SMILES string of the molecule is CCCP(=O)(O)[C@@]12C[C@@H]1CCCCCCC[C@H](NC(=O)OC1CCCC1)C(=O)N1C[C@H](Oc3cc(-c4ccccc4)nc4cc(OC)ccc34)C[C@H]1C(=O)N2. The standard InChI is InChI=1S/C42H55N4O8P/c1-3-22-55(50,51)42-26-29(42)16-10-5-4-6-11-19-34(44-41(49)54-30-17-12-13-18-30)40(48)46-27-32(24-37(46)39(47)45-42)53-38-25-35(28-14-8-7-9-15-28)43-36-23-31(52-2)20-21-33(36)38/h7-9,14-15,20-21,23,25,29-30,32,34,37H,3-6,10-13,16-19,22,24,26-27H2,1-2H3,(H,44,49)(H,45,47)(H,50,51)/t29-,32+,34-,37-,42-/m0/s1. The monoisotopic (exact) mass is 774 g/mol. The van der Waals surface area contributed by atoms with Gasteiger partial charge < -0.3 is 34.6 Å². The van der Waals surface area contributed by atoms with Crippen LogP contribution in [-0.2, 0) is 18.9 Å².